The van der Waals surface area contributed by atoms with Crippen LogP contribution in [0.15, 0.2) is 26.0 Å². The van der Waals surface area contributed by atoms with Gasteiger partial charge in [-0.1, -0.05) is 0 Å². The average molecular weight is 386 g/mol. The Morgan fingerprint density at radius 2 is 1.65 bits per heavy atom. The fourth-order valence-corrected chi connectivity index (χ4v) is 5.15. The van der Waals surface area contributed by atoms with Gasteiger partial charge in [-0.05, 0) is 57.8 Å². The second-order valence-electron chi connectivity index (χ2n) is 3.93. The van der Waals surface area contributed by atoms with Crippen LogP contribution in [0.2, 0.25) is 0 Å². The van der Waals surface area contributed by atoms with Crippen LogP contribution in [0.4, 0.5) is 5.69 Å². The third kappa shape index (κ3) is 3.01. The molecule has 96 valence electrons. The summed E-state index contributed by atoms with van der Waals surface area (Å²) in [6, 6.07) is 3.04. The molecule has 0 spiro atoms. The first-order valence-electron chi connectivity index (χ1n) is 4.90. The van der Waals surface area contributed by atoms with Gasteiger partial charge in [0, 0.05) is 27.7 Å². The maximum absolute atomic E-state index is 12.4. The van der Waals surface area contributed by atoms with E-state index in [0.29, 0.717) is 14.6 Å². The molecule has 0 fully saturated rings. The number of hydrogen-bond acceptors (Lipinski definition) is 3. The highest BCUT2D eigenvalue weighted by Crippen LogP contribution is 2.34. The van der Waals surface area contributed by atoms with E-state index in [1.54, 1.807) is 19.2 Å². The smallest absolute Gasteiger partial charge is 0.245 e. The summed E-state index contributed by atoms with van der Waals surface area (Å²) in [6.07, 6.45) is 0. The molecule has 0 aliphatic heterocycles. The zero-order chi connectivity index (χ0) is 13.4. The zero-order valence-corrected chi connectivity index (χ0v) is 13.7. The molecule has 1 aromatic rings. The highest BCUT2D eigenvalue weighted by Gasteiger charge is 2.27. The summed E-state index contributed by atoms with van der Waals surface area (Å²) >= 11 is 6.47. The molecule has 0 bridgehead atoms. The van der Waals surface area contributed by atoms with Crippen molar-refractivity contribution in [2.24, 2.45) is 0 Å². The van der Waals surface area contributed by atoms with Gasteiger partial charge in [0.25, 0.3) is 0 Å². The Balaban J connectivity index is 3.45. The molecular weight excluding hydrogens is 372 g/mol. The Kier molecular flexibility index (Phi) is 4.62. The van der Waals surface area contributed by atoms with Crippen LogP contribution in [0.5, 0.6) is 0 Å². The third-order valence-corrected chi connectivity index (χ3v) is 6.30. The van der Waals surface area contributed by atoms with Crippen molar-refractivity contribution < 1.29 is 8.42 Å². The molecule has 0 aromatic heterocycles. The first-order valence-corrected chi connectivity index (χ1v) is 7.93. The SMILES string of the molecule is CC(C)N(C)S(=O)(=O)c1c(Br)cc(N)cc1Br. The van der Waals surface area contributed by atoms with Gasteiger partial charge in [0.1, 0.15) is 4.90 Å². The van der Waals surface area contributed by atoms with Gasteiger partial charge in [0.2, 0.25) is 10.0 Å². The molecule has 0 unspecified atom stereocenters. The molecule has 1 aromatic carbocycles. The number of nitrogens with zero attached hydrogens (tertiary/aromatic N) is 1. The Morgan fingerprint density at radius 1 is 1.24 bits per heavy atom. The average Bonchev–Trinajstić information content (AvgIpc) is 2.13. The third-order valence-electron chi connectivity index (χ3n) is 2.38. The lowest BCUT2D eigenvalue weighted by atomic mass is 10.3. The molecule has 7 heteroatoms. The van der Waals surface area contributed by atoms with Gasteiger partial charge in [0.05, 0.1) is 0 Å². The molecule has 0 aliphatic carbocycles. The van der Waals surface area contributed by atoms with Crippen LogP contribution in [0.1, 0.15) is 13.8 Å². The van der Waals surface area contributed by atoms with Gasteiger partial charge in [-0.3, -0.25) is 0 Å². The lowest BCUT2D eigenvalue weighted by Gasteiger charge is -2.22. The van der Waals surface area contributed by atoms with E-state index in [2.05, 4.69) is 31.9 Å². The van der Waals surface area contributed by atoms with Gasteiger partial charge >= 0.3 is 0 Å². The minimum absolute atomic E-state index is 0.114. The van der Waals surface area contributed by atoms with Crippen molar-refractivity contribution in [1.82, 2.24) is 4.31 Å². The Labute approximate surface area is 118 Å². The highest BCUT2D eigenvalue weighted by atomic mass is 79.9. The van der Waals surface area contributed by atoms with Crippen LogP contribution < -0.4 is 5.73 Å². The van der Waals surface area contributed by atoms with E-state index in [-0.39, 0.29) is 10.9 Å². The van der Waals surface area contributed by atoms with Gasteiger partial charge < -0.3 is 5.73 Å². The number of benzene rings is 1. The molecular formula is C10H14Br2N2O2S. The monoisotopic (exact) mass is 384 g/mol. The number of anilines is 1. The highest BCUT2D eigenvalue weighted by molar-refractivity contribution is 9.11. The predicted octanol–water partition coefficient (Wildman–Crippen LogP) is 2.82. The second kappa shape index (κ2) is 5.26. The van der Waals surface area contributed by atoms with Gasteiger partial charge in [-0.2, -0.15) is 4.31 Å². The number of hydrogen-bond donors (Lipinski definition) is 1. The van der Waals surface area contributed by atoms with E-state index in [4.69, 9.17) is 5.73 Å². The molecule has 0 heterocycles. The van der Waals surface area contributed by atoms with Crippen LogP contribution >= 0.6 is 31.9 Å². The van der Waals surface area contributed by atoms with E-state index in [1.165, 1.54) is 4.31 Å². The maximum Gasteiger partial charge on any atom is 0.245 e. The zero-order valence-electron chi connectivity index (χ0n) is 9.74. The van der Waals surface area contributed by atoms with Crippen LogP contribution in [0.3, 0.4) is 0 Å². The van der Waals surface area contributed by atoms with E-state index < -0.39 is 10.0 Å². The molecule has 17 heavy (non-hydrogen) atoms. The van der Waals surface area contributed by atoms with Gasteiger partial charge in [-0.15, -0.1) is 0 Å². The van der Waals surface area contributed by atoms with Crippen molar-refractivity contribution in [3.8, 4) is 0 Å². The molecule has 4 nitrogen and oxygen atoms in total. The Morgan fingerprint density at radius 3 is 2.00 bits per heavy atom. The number of nitrogen functional groups attached to an aromatic ring is 1. The molecule has 0 radical (unpaired) electrons. The largest absolute Gasteiger partial charge is 0.399 e. The van der Waals surface area contributed by atoms with Crippen molar-refractivity contribution in [3.05, 3.63) is 21.1 Å². The Hall–Kier alpha value is -0.110. The van der Waals surface area contributed by atoms with Crippen molar-refractivity contribution >= 4 is 47.6 Å². The maximum atomic E-state index is 12.4. The summed E-state index contributed by atoms with van der Waals surface area (Å²) in [5, 5.41) is 0. The summed E-state index contributed by atoms with van der Waals surface area (Å²) in [6.45, 7) is 3.63. The quantitative estimate of drug-likeness (QED) is 0.813. The van der Waals surface area contributed by atoms with E-state index >= 15 is 0 Å². The minimum atomic E-state index is -3.53. The molecule has 0 aliphatic rings. The molecule has 1 rings (SSSR count). The van der Waals surface area contributed by atoms with E-state index in [1.807, 2.05) is 13.8 Å². The first kappa shape index (κ1) is 14.9. The fourth-order valence-electron chi connectivity index (χ4n) is 1.25. The van der Waals surface area contributed by atoms with Gasteiger partial charge in [-0.25, -0.2) is 8.42 Å². The van der Waals surface area contributed by atoms with Crippen LogP contribution in [-0.4, -0.2) is 25.8 Å². The summed E-state index contributed by atoms with van der Waals surface area (Å²) in [5.74, 6) is 0. The Bertz CT molecular complexity index is 506. The van der Waals surface area contributed by atoms with Crippen LogP contribution in [0, 0.1) is 0 Å². The fraction of sp³-hybridized carbons (Fsp3) is 0.400. The molecule has 0 amide bonds. The molecule has 0 saturated heterocycles. The molecule has 0 atom stereocenters. The topological polar surface area (TPSA) is 63.4 Å². The summed E-state index contributed by atoms with van der Waals surface area (Å²) in [5.41, 5.74) is 6.13. The summed E-state index contributed by atoms with van der Waals surface area (Å²) in [4.78, 5) is 0.197. The normalized spacial score (nSPS) is 12.4. The summed E-state index contributed by atoms with van der Waals surface area (Å²) in [7, 11) is -1.98. The van der Waals surface area contributed by atoms with Crippen molar-refractivity contribution in [3.63, 3.8) is 0 Å². The predicted molar refractivity (Wildman–Crippen MR) is 76.3 cm³/mol. The number of nitrogens with two attached hydrogens (primary N) is 1. The van der Waals surface area contributed by atoms with E-state index in [0.717, 1.165) is 0 Å². The van der Waals surface area contributed by atoms with Crippen molar-refractivity contribution in [2.45, 2.75) is 24.8 Å². The second-order valence-corrected chi connectivity index (χ2v) is 7.57. The number of rotatable bonds is 3. The first-order chi connectivity index (χ1) is 7.67. The minimum Gasteiger partial charge on any atom is -0.399 e. The van der Waals surface area contributed by atoms with Crippen molar-refractivity contribution in [1.29, 1.82) is 0 Å². The van der Waals surface area contributed by atoms with Crippen molar-refractivity contribution in [2.75, 3.05) is 12.8 Å². The van der Waals surface area contributed by atoms with E-state index in [9.17, 15) is 8.42 Å². The molecule has 2 N–H and O–H groups in total. The van der Waals surface area contributed by atoms with Crippen LogP contribution in [0.25, 0.3) is 0 Å². The lowest BCUT2D eigenvalue weighted by Crippen LogP contribution is -2.33. The number of sulfonamides is 1. The van der Waals surface area contributed by atoms with Crippen LogP contribution in [-0.2, 0) is 10.0 Å². The lowest BCUT2D eigenvalue weighted by molar-refractivity contribution is 0.410. The molecule has 0 saturated carbocycles. The number of halogens is 2. The summed E-state index contributed by atoms with van der Waals surface area (Å²) < 4.78 is 26.9. The van der Waals surface area contributed by atoms with Gasteiger partial charge in [0.15, 0.2) is 0 Å². The standard InChI is InChI=1S/C10H14Br2N2O2S/c1-6(2)14(3)17(15,16)10-8(11)4-7(13)5-9(10)12/h4-6H,13H2,1-3H3.